The summed E-state index contributed by atoms with van der Waals surface area (Å²) in [5.74, 6) is 0.561. The number of amides is 1. The molecule has 0 heterocycles. The Morgan fingerprint density at radius 2 is 1.96 bits per heavy atom. The minimum atomic E-state index is -0.534. The molecule has 1 aromatic carbocycles. The number of fused-ring (bicyclic) bond motifs is 3. The first kappa shape index (κ1) is 16.3. The van der Waals surface area contributed by atoms with Crippen molar-refractivity contribution < 1.29 is 14.6 Å². The molecule has 3 aliphatic carbocycles. The molecule has 3 aliphatic rings. The van der Waals surface area contributed by atoms with Crippen molar-refractivity contribution in [2.24, 2.45) is 5.73 Å². The Bertz CT molecular complexity index is 562. The fourth-order valence-electron chi connectivity index (χ4n) is 3.78. The van der Waals surface area contributed by atoms with Crippen LogP contribution in [0.3, 0.4) is 0 Å². The molecule has 4 N–H and O–H groups in total. The van der Waals surface area contributed by atoms with Gasteiger partial charge in [-0.05, 0) is 56.2 Å². The zero-order chi connectivity index (χ0) is 16.5. The topological polar surface area (TPSA) is 84.6 Å². The van der Waals surface area contributed by atoms with Crippen LogP contribution in [0, 0.1) is 0 Å². The molecule has 1 atom stereocenters. The zero-order valence-corrected chi connectivity index (χ0v) is 13.7. The van der Waals surface area contributed by atoms with Crippen LogP contribution in [0.2, 0.25) is 0 Å². The number of hydrogen-bond donors (Lipinski definition) is 3. The molecule has 3 saturated carbocycles. The van der Waals surface area contributed by atoms with Crippen molar-refractivity contribution in [2.45, 2.75) is 62.6 Å². The predicted molar refractivity (Wildman–Crippen MR) is 88.2 cm³/mol. The second kappa shape index (κ2) is 6.13. The van der Waals surface area contributed by atoms with Crippen LogP contribution in [0.5, 0.6) is 5.75 Å². The monoisotopic (exact) mass is 318 g/mol. The quantitative estimate of drug-likeness (QED) is 0.768. The van der Waals surface area contributed by atoms with Gasteiger partial charge in [-0.15, -0.1) is 0 Å². The number of carbonyl (C=O) groups excluding carboxylic acids is 1. The van der Waals surface area contributed by atoms with E-state index in [9.17, 15) is 9.90 Å². The highest BCUT2D eigenvalue weighted by atomic mass is 16.5. The molecular weight excluding hydrogens is 292 g/mol. The average Bonchev–Trinajstić information content (AvgIpc) is 2.55. The van der Waals surface area contributed by atoms with E-state index in [4.69, 9.17) is 10.5 Å². The standard InChI is InChI=1S/C18H26N2O3/c1-2-13-3-5-14(6-4-13)23-12-16(22)20-17-7-9-18(19,10-8-17)15(21)11-17/h3-6,15,21H,2,7-12,19H2,1H3,(H,20,22). The molecule has 5 heteroatoms. The minimum absolute atomic E-state index is 0.00289. The van der Waals surface area contributed by atoms with Gasteiger partial charge in [0, 0.05) is 11.1 Å². The molecule has 2 bridgehead atoms. The number of rotatable bonds is 5. The largest absolute Gasteiger partial charge is 0.484 e. The molecule has 0 radical (unpaired) electrons. The summed E-state index contributed by atoms with van der Waals surface area (Å²) < 4.78 is 5.56. The van der Waals surface area contributed by atoms with E-state index in [2.05, 4.69) is 12.2 Å². The molecular formula is C18H26N2O3. The summed E-state index contributed by atoms with van der Waals surface area (Å²) in [6.07, 6.45) is 4.17. The second-order valence-corrected chi connectivity index (χ2v) is 7.07. The van der Waals surface area contributed by atoms with E-state index in [0.29, 0.717) is 12.2 Å². The van der Waals surface area contributed by atoms with Gasteiger partial charge in [-0.3, -0.25) is 4.79 Å². The lowest BCUT2D eigenvalue weighted by atomic mass is 9.60. The maximum atomic E-state index is 12.2. The van der Waals surface area contributed by atoms with Gasteiger partial charge in [0.25, 0.3) is 5.91 Å². The average molecular weight is 318 g/mol. The van der Waals surface area contributed by atoms with E-state index in [1.807, 2.05) is 24.3 Å². The van der Waals surface area contributed by atoms with E-state index in [-0.39, 0.29) is 18.1 Å². The molecule has 4 rings (SSSR count). The van der Waals surface area contributed by atoms with Gasteiger partial charge in [0.2, 0.25) is 0 Å². The highest BCUT2D eigenvalue weighted by Crippen LogP contribution is 2.45. The van der Waals surface area contributed by atoms with E-state index in [1.54, 1.807) is 0 Å². The summed E-state index contributed by atoms with van der Waals surface area (Å²) in [5, 5.41) is 13.3. The number of hydrogen-bond acceptors (Lipinski definition) is 4. The van der Waals surface area contributed by atoms with Gasteiger partial charge in [-0.2, -0.15) is 0 Å². The maximum Gasteiger partial charge on any atom is 0.258 e. The van der Waals surface area contributed by atoms with Gasteiger partial charge in [0.1, 0.15) is 5.75 Å². The van der Waals surface area contributed by atoms with Crippen molar-refractivity contribution in [3.63, 3.8) is 0 Å². The van der Waals surface area contributed by atoms with Crippen LogP contribution in [0.25, 0.3) is 0 Å². The first-order valence-electron chi connectivity index (χ1n) is 8.44. The molecule has 1 unspecified atom stereocenters. The Morgan fingerprint density at radius 3 is 2.52 bits per heavy atom. The third-order valence-corrected chi connectivity index (χ3v) is 5.49. The van der Waals surface area contributed by atoms with Crippen LogP contribution in [-0.2, 0) is 11.2 Å². The number of benzene rings is 1. The molecule has 0 aliphatic heterocycles. The third kappa shape index (κ3) is 3.35. The van der Waals surface area contributed by atoms with E-state index >= 15 is 0 Å². The number of aryl methyl sites for hydroxylation is 1. The Labute approximate surface area is 137 Å². The Kier molecular flexibility index (Phi) is 4.34. The van der Waals surface area contributed by atoms with Crippen LogP contribution in [-0.4, -0.2) is 34.8 Å². The van der Waals surface area contributed by atoms with Crippen molar-refractivity contribution >= 4 is 5.91 Å². The van der Waals surface area contributed by atoms with Crippen LogP contribution >= 0.6 is 0 Å². The zero-order valence-electron chi connectivity index (χ0n) is 13.7. The summed E-state index contributed by atoms with van der Waals surface area (Å²) in [6, 6.07) is 7.78. The van der Waals surface area contributed by atoms with Gasteiger partial charge in [0.05, 0.1) is 6.10 Å². The lowest BCUT2D eigenvalue weighted by Gasteiger charge is -2.54. The first-order valence-corrected chi connectivity index (χ1v) is 8.44. The Morgan fingerprint density at radius 1 is 1.30 bits per heavy atom. The van der Waals surface area contributed by atoms with Gasteiger partial charge < -0.3 is 20.9 Å². The van der Waals surface area contributed by atoms with E-state index < -0.39 is 11.6 Å². The van der Waals surface area contributed by atoms with Crippen molar-refractivity contribution in [1.29, 1.82) is 0 Å². The highest BCUT2D eigenvalue weighted by molar-refractivity contribution is 5.78. The number of nitrogens with two attached hydrogens (primary N) is 1. The molecule has 0 spiro atoms. The third-order valence-electron chi connectivity index (χ3n) is 5.49. The van der Waals surface area contributed by atoms with Gasteiger partial charge in [-0.25, -0.2) is 0 Å². The van der Waals surface area contributed by atoms with Crippen molar-refractivity contribution in [1.82, 2.24) is 5.32 Å². The fourth-order valence-corrected chi connectivity index (χ4v) is 3.78. The normalized spacial score (nSPS) is 32.6. The van der Waals surface area contributed by atoms with Crippen molar-refractivity contribution in [3.8, 4) is 5.75 Å². The second-order valence-electron chi connectivity index (χ2n) is 7.07. The molecule has 1 aromatic rings. The molecule has 126 valence electrons. The van der Waals surface area contributed by atoms with Crippen LogP contribution < -0.4 is 15.8 Å². The SMILES string of the molecule is CCc1ccc(OCC(=O)NC23CCC(N)(CC2)C(O)C3)cc1. The van der Waals surface area contributed by atoms with Crippen LogP contribution in [0.1, 0.15) is 44.6 Å². The molecule has 5 nitrogen and oxygen atoms in total. The summed E-state index contributed by atoms with van der Waals surface area (Å²) >= 11 is 0. The number of aliphatic hydroxyl groups excluding tert-OH is 1. The first-order chi connectivity index (χ1) is 10.9. The Hall–Kier alpha value is -1.59. The Balaban J connectivity index is 1.53. The van der Waals surface area contributed by atoms with Gasteiger partial charge >= 0.3 is 0 Å². The number of nitrogens with one attached hydrogen (secondary N) is 1. The molecule has 23 heavy (non-hydrogen) atoms. The van der Waals surface area contributed by atoms with Crippen LogP contribution in [0.4, 0.5) is 0 Å². The summed E-state index contributed by atoms with van der Waals surface area (Å²) in [6.45, 7) is 2.10. The molecule has 0 aromatic heterocycles. The highest BCUT2D eigenvalue weighted by Gasteiger charge is 2.52. The lowest BCUT2D eigenvalue weighted by molar-refractivity contribution is -0.128. The van der Waals surface area contributed by atoms with Gasteiger partial charge in [0.15, 0.2) is 6.61 Å². The van der Waals surface area contributed by atoms with Crippen molar-refractivity contribution in [2.75, 3.05) is 6.61 Å². The lowest BCUT2D eigenvalue weighted by Crippen LogP contribution is -2.68. The number of ether oxygens (including phenoxy) is 1. The summed E-state index contributed by atoms with van der Waals surface area (Å²) in [4.78, 5) is 12.2. The predicted octanol–water partition coefficient (Wildman–Crippen LogP) is 1.52. The van der Waals surface area contributed by atoms with Gasteiger partial charge in [-0.1, -0.05) is 19.1 Å². The number of aliphatic hydroxyl groups is 1. The summed E-state index contributed by atoms with van der Waals surface area (Å²) in [5.41, 5.74) is 6.67. The minimum Gasteiger partial charge on any atom is -0.484 e. The molecule has 3 fully saturated rings. The fraction of sp³-hybridized carbons (Fsp3) is 0.611. The number of carbonyl (C=O) groups is 1. The van der Waals surface area contributed by atoms with E-state index in [0.717, 1.165) is 32.1 Å². The van der Waals surface area contributed by atoms with Crippen molar-refractivity contribution in [3.05, 3.63) is 29.8 Å². The molecule has 1 amide bonds. The summed E-state index contributed by atoms with van der Waals surface area (Å²) in [7, 11) is 0. The molecule has 0 saturated heterocycles. The smallest absolute Gasteiger partial charge is 0.258 e. The van der Waals surface area contributed by atoms with E-state index in [1.165, 1.54) is 5.56 Å². The maximum absolute atomic E-state index is 12.2. The van der Waals surface area contributed by atoms with Crippen LogP contribution in [0.15, 0.2) is 24.3 Å².